The van der Waals surface area contributed by atoms with Gasteiger partial charge in [0.15, 0.2) is 0 Å². The number of rotatable bonds is 1. The smallest absolute Gasteiger partial charge is 0.234 e. The number of ether oxygens (including phenoxy) is 1. The quantitative estimate of drug-likeness (QED) is 0.588. The molecule has 0 aliphatic carbocycles. The van der Waals surface area contributed by atoms with E-state index < -0.39 is 5.41 Å². The Bertz CT molecular complexity index is 607. The van der Waals surface area contributed by atoms with Crippen molar-refractivity contribution < 1.29 is 9.53 Å². The third-order valence-electron chi connectivity index (χ3n) is 4.63. The first-order valence-electron chi connectivity index (χ1n) is 7.05. The van der Waals surface area contributed by atoms with Gasteiger partial charge < -0.3 is 10.1 Å². The molecular formula is C16H20INO2. The number of alkyl halides is 1. The predicted molar refractivity (Wildman–Crippen MR) is 89.1 cm³/mol. The Labute approximate surface area is 133 Å². The van der Waals surface area contributed by atoms with E-state index in [-0.39, 0.29) is 12.0 Å². The van der Waals surface area contributed by atoms with Gasteiger partial charge in [-0.25, -0.2) is 0 Å². The molecule has 1 amide bonds. The predicted octanol–water partition coefficient (Wildman–Crippen LogP) is 3.91. The van der Waals surface area contributed by atoms with Crippen LogP contribution in [-0.4, -0.2) is 15.9 Å². The van der Waals surface area contributed by atoms with E-state index in [2.05, 4.69) is 54.7 Å². The van der Waals surface area contributed by atoms with E-state index in [0.29, 0.717) is 9.84 Å². The minimum atomic E-state index is -0.519. The third kappa shape index (κ3) is 1.73. The Morgan fingerprint density at radius 3 is 2.70 bits per heavy atom. The van der Waals surface area contributed by atoms with E-state index >= 15 is 0 Å². The van der Waals surface area contributed by atoms with Crippen LogP contribution in [0.25, 0.3) is 0 Å². The number of hydrogen-bond acceptors (Lipinski definition) is 2. The van der Waals surface area contributed by atoms with Crippen LogP contribution in [0.15, 0.2) is 6.07 Å². The molecule has 20 heavy (non-hydrogen) atoms. The highest BCUT2D eigenvalue weighted by atomic mass is 127. The molecule has 0 aromatic heterocycles. The van der Waals surface area contributed by atoms with Gasteiger partial charge in [0.05, 0.1) is 11.1 Å². The molecular weight excluding hydrogens is 365 g/mol. The first kappa shape index (κ1) is 14.2. The first-order valence-corrected chi connectivity index (χ1v) is 8.30. The molecule has 2 aliphatic rings. The maximum atomic E-state index is 12.2. The van der Waals surface area contributed by atoms with Crippen molar-refractivity contribution in [3.63, 3.8) is 0 Å². The second-order valence-electron chi connectivity index (χ2n) is 6.49. The van der Waals surface area contributed by atoms with Crippen LogP contribution in [0.2, 0.25) is 0 Å². The summed E-state index contributed by atoms with van der Waals surface area (Å²) in [5.74, 6) is 1.37. The largest absolute Gasteiger partial charge is 0.488 e. The maximum absolute atomic E-state index is 12.2. The molecule has 108 valence electrons. The van der Waals surface area contributed by atoms with Crippen molar-refractivity contribution in [1.29, 1.82) is 0 Å². The molecule has 3 unspecified atom stereocenters. The van der Waals surface area contributed by atoms with E-state index in [1.807, 2.05) is 13.8 Å². The molecule has 4 heteroatoms. The van der Waals surface area contributed by atoms with Crippen LogP contribution >= 0.6 is 22.6 Å². The second kappa shape index (κ2) is 4.36. The van der Waals surface area contributed by atoms with Crippen LogP contribution in [0.1, 0.15) is 50.3 Å². The first-order chi connectivity index (χ1) is 9.25. The number of fused-ring (bicyclic) bond motifs is 3. The summed E-state index contributed by atoms with van der Waals surface area (Å²) in [4.78, 5) is 12.2. The lowest BCUT2D eigenvalue weighted by Crippen LogP contribution is -2.28. The Morgan fingerprint density at radius 2 is 2.10 bits per heavy atom. The number of benzene rings is 1. The van der Waals surface area contributed by atoms with Crippen molar-refractivity contribution in [2.24, 2.45) is 0 Å². The van der Waals surface area contributed by atoms with E-state index in [4.69, 9.17) is 4.74 Å². The van der Waals surface area contributed by atoms with E-state index in [9.17, 15) is 4.79 Å². The normalized spacial score (nSPS) is 27.6. The Balaban J connectivity index is 2.23. The lowest BCUT2D eigenvalue weighted by atomic mass is 9.82. The fraction of sp³-hybridized carbons (Fsp3) is 0.562. The number of carbonyl (C=O) groups is 1. The third-order valence-corrected chi connectivity index (χ3v) is 5.34. The van der Waals surface area contributed by atoms with Crippen LogP contribution in [0, 0.1) is 6.92 Å². The van der Waals surface area contributed by atoms with Crippen molar-refractivity contribution in [3.8, 4) is 5.75 Å². The molecule has 0 saturated heterocycles. The van der Waals surface area contributed by atoms with Crippen molar-refractivity contribution in [1.82, 2.24) is 0 Å². The van der Waals surface area contributed by atoms with Gasteiger partial charge in [-0.1, -0.05) is 29.5 Å². The van der Waals surface area contributed by atoms with Gasteiger partial charge in [0.2, 0.25) is 5.91 Å². The van der Waals surface area contributed by atoms with Crippen LogP contribution in [0.3, 0.4) is 0 Å². The Kier molecular flexibility index (Phi) is 3.09. The molecule has 0 spiro atoms. The Morgan fingerprint density at radius 1 is 1.45 bits per heavy atom. The zero-order chi connectivity index (χ0) is 14.8. The number of carbonyl (C=O) groups excluding carboxylic acids is 1. The molecule has 0 fully saturated rings. The minimum absolute atomic E-state index is 0.0613. The summed E-state index contributed by atoms with van der Waals surface area (Å²) < 4.78 is 6.69. The molecule has 0 saturated carbocycles. The van der Waals surface area contributed by atoms with Crippen molar-refractivity contribution in [3.05, 3.63) is 22.8 Å². The lowest BCUT2D eigenvalue weighted by Gasteiger charge is -2.20. The zero-order valence-corrected chi connectivity index (χ0v) is 14.7. The lowest BCUT2D eigenvalue weighted by molar-refractivity contribution is -0.119. The monoisotopic (exact) mass is 385 g/mol. The van der Waals surface area contributed by atoms with Crippen LogP contribution < -0.4 is 10.1 Å². The molecule has 0 radical (unpaired) electrons. The van der Waals surface area contributed by atoms with Crippen molar-refractivity contribution >= 4 is 34.2 Å². The summed E-state index contributed by atoms with van der Waals surface area (Å²) >= 11 is 2.42. The molecule has 1 aromatic carbocycles. The summed E-state index contributed by atoms with van der Waals surface area (Å²) in [7, 11) is 0. The summed E-state index contributed by atoms with van der Waals surface area (Å²) in [5.41, 5.74) is 3.86. The number of amides is 1. The van der Waals surface area contributed by atoms with Gasteiger partial charge in [-0.2, -0.15) is 0 Å². The highest BCUT2D eigenvalue weighted by Crippen LogP contribution is 2.52. The maximum Gasteiger partial charge on any atom is 0.234 e. The molecule has 3 atom stereocenters. The van der Waals surface area contributed by atoms with Crippen molar-refractivity contribution in [2.45, 2.75) is 56.0 Å². The number of hydrogen-bond donors (Lipinski definition) is 1. The van der Waals surface area contributed by atoms with Crippen LogP contribution in [0.4, 0.5) is 5.69 Å². The molecule has 3 rings (SSSR count). The van der Waals surface area contributed by atoms with E-state index in [1.165, 1.54) is 5.56 Å². The van der Waals surface area contributed by atoms with Crippen molar-refractivity contribution in [2.75, 3.05) is 5.32 Å². The fourth-order valence-electron chi connectivity index (χ4n) is 3.34. The minimum Gasteiger partial charge on any atom is -0.488 e. The summed E-state index contributed by atoms with van der Waals surface area (Å²) in [6, 6.07) is 2.18. The molecule has 1 N–H and O–H groups in total. The average Bonchev–Trinajstić information content (AvgIpc) is 2.78. The fourth-order valence-corrected chi connectivity index (χ4v) is 4.11. The van der Waals surface area contributed by atoms with Gasteiger partial charge in [-0.3, -0.25) is 4.79 Å². The number of anilines is 1. The van der Waals surface area contributed by atoms with Gasteiger partial charge in [0, 0.05) is 21.0 Å². The van der Waals surface area contributed by atoms with Crippen LogP contribution in [0.5, 0.6) is 5.75 Å². The molecule has 2 heterocycles. The van der Waals surface area contributed by atoms with Gasteiger partial charge in [0.25, 0.3) is 0 Å². The average molecular weight is 385 g/mol. The van der Waals surface area contributed by atoms with E-state index in [1.54, 1.807) is 0 Å². The Hall–Kier alpha value is -0.780. The summed E-state index contributed by atoms with van der Waals surface area (Å²) in [6.07, 6.45) is 0.183. The topological polar surface area (TPSA) is 38.3 Å². The SMILES string of the molecule is Cc1cc2c(c3c1NC(=O)C3(C)C)OC(C(C)I)C2C. The molecule has 2 aliphatic heterocycles. The standard InChI is InChI=1S/C16H20INO2/c1-7-6-10-8(2)13(9(3)17)20-14(10)11-12(7)18-15(19)16(11,4)5/h6,8-9,13H,1-5H3,(H,18,19). The number of aryl methyl sites for hydroxylation is 1. The molecule has 0 bridgehead atoms. The highest BCUT2D eigenvalue weighted by Gasteiger charge is 2.46. The van der Waals surface area contributed by atoms with Gasteiger partial charge in [0.1, 0.15) is 11.9 Å². The van der Waals surface area contributed by atoms with Crippen LogP contribution in [-0.2, 0) is 10.2 Å². The zero-order valence-electron chi connectivity index (χ0n) is 12.5. The number of nitrogens with one attached hydrogen (secondary N) is 1. The van der Waals surface area contributed by atoms with Gasteiger partial charge >= 0.3 is 0 Å². The molecule has 1 aromatic rings. The van der Waals surface area contributed by atoms with Gasteiger partial charge in [-0.15, -0.1) is 0 Å². The van der Waals surface area contributed by atoms with E-state index in [0.717, 1.165) is 22.6 Å². The van der Waals surface area contributed by atoms with Gasteiger partial charge in [-0.05, 0) is 39.3 Å². The summed E-state index contributed by atoms with van der Waals surface area (Å²) in [5, 5.41) is 3.02. The summed E-state index contributed by atoms with van der Waals surface area (Å²) in [6.45, 7) is 10.4. The highest BCUT2D eigenvalue weighted by molar-refractivity contribution is 14.1. The molecule has 3 nitrogen and oxygen atoms in total. The number of halogens is 1. The second-order valence-corrected chi connectivity index (χ2v) is 8.45.